The number of aryl methyl sites for hydroxylation is 1. The van der Waals surface area contributed by atoms with E-state index in [0.717, 1.165) is 6.07 Å². The molecule has 0 spiro atoms. The van der Waals surface area contributed by atoms with Gasteiger partial charge in [-0.15, -0.1) is 0 Å². The summed E-state index contributed by atoms with van der Waals surface area (Å²) >= 11 is 0. The summed E-state index contributed by atoms with van der Waals surface area (Å²) in [6, 6.07) is 3.59. The van der Waals surface area contributed by atoms with Gasteiger partial charge in [0.05, 0.1) is 17.0 Å². The lowest BCUT2D eigenvalue weighted by Crippen LogP contribution is -2.05. The van der Waals surface area contributed by atoms with Gasteiger partial charge in [-0.2, -0.15) is 4.98 Å². The van der Waals surface area contributed by atoms with Crippen molar-refractivity contribution in [1.82, 2.24) is 10.1 Å². The molecule has 9 heteroatoms. The van der Waals surface area contributed by atoms with Crippen molar-refractivity contribution >= 4 is 17.3 Å². The van der Waals surface area contributed by atoms with E-state index in [-0.39, 0.29) is 29.4 Å². The van der Waals surface area contributed by atoms with Crippen LogP contribution in [0, 0.1) is 17.0 Å². The van der Waals surface area contributed by atoms with Crippen LogP contribution in [0.4, 0.5) is 11.4 Å². The third-order valence-corrected chi connectivity index (χ3v) is 2.44. The fourth-order valence-corrected chi connectivity index (χ4v) is 1.55. The molecule has 0 aliphatic rings. The molecule has 2 N–H and O–H groups in total. The number of nitrogens with one attached hydrogen (secondary N) is 1. The summed E-state index contributed by atoms with van der Waals surface area (Å²) < 4.78 is 4.86. The largest absolute Gasteiger partial charge is 0.478 e. The highest BCUT2D eigenvalue weighted by molar-refractivity contribution is 5.89. The Bertz CT molecular complexity index is 667. The molecule has 0 aliphatic heterocycles. The van der Waals surface area contributed by atoms with Crippen molar-refractivity contribution in [2.45, 2.75) is 13.5 Å². The number of nitrogens with zero attached hydrogens (tertiary/aromatic N) is 3. The Balaban J connectivity index is 2.22. The number of hydrogen-bond acceptors (Lipinski definition) is 7. The number of nitro benzene ring substituents is 1. The Kier molecular flexibility index (Phi) is 3.60. The number of carboxylic acids is 1. The molecule has 0 radical (unpaired) electrons. The molecule has 0 fully saturated rings. The van der Waals surface area contributed by atoms with Gasteiger partial charge in [0.2, 0.25) is 5.89 Å². The number of hydrogen-bond donors (Lipinski definition) is 2. The highest BCUT2D eigenvalue weighted by Crippen LogP contribution is 2.26. The summed E-state index contributed by atoms with van der Waals surface area (Å²) in [6.45, 7) is 1.76. The van der Waals surface area contributed by atoms with E-state index in [4.69, 9.17) is 9.63 Å². The minimum atomic E-state index is -1.23. The van der Waals surface area contributed by atoms with E-state index in [0.29, 0.717) is 5.82 Å². The molecule has 0 unspecified atom stereocenters. The van der Waals surface area contributed by atoms with Crippen LogP contribution >= 0.6 is 0 Å². The summed E-state index contributed by atoms with van der Waals surface area (Å²) in [5.74, 6) is -0.496. The van der Waals surface area contributed by atoms with Crippen LogP contribution in [0.5, 0.6) is 0 Å². The van der Waals surface area contributed by atoms with Crippen LogP contribution in [0.3, 0.4) is 0 Å². The van der Waals surface area contributed by atoms with Gasteiger partial charge >= 0.3 is 5.97 Å². The second-order valence-electron chi connectivity index (χ2n) is 3.88. The first-order valence-electron chi connectivity index (χ1n) is 5.52. The topological polar surface area (TPSA) is 131 Å². The van der Waals surface area contributed by atoms with Gasteiger partial charge in [0, 0.05) is 6.07 Å². The zero-order chi connectivity index (χ0) is 14.7. The summed E-state index contributed by atoms with van der Waals surface area (Å²) in [5, 5.41) is 26.1. The molecule has 9 nitrogen and oxygen atoms in total. The average molecular weight is 278 g/mol. The van der Waals surface area contributed by atoms with Crippen LogP contribution in [0.1, 0.15) is 22.1 Å². The molecule has 0 amide bonds. The third kappa shape index (κ3) is 2.88. The predicted octanol–water partition coefficient (Wildman–Crippen LogP) is 1.60. The number of benzene rings is 1. The van der Waals surface area contributed by atoms with Crippen molar-refractivity contribution in [3.63, 3.8) is 0 Å². The van der Waals surface area contributed by atoms with Gasteiger partial charge in [0.15, 0.2) is 5.82 Å². The van der Waals surface area contributed by atoms with Crippen LogP contribution in [0.25, 0.3) is 0 Å². The first kappa shape index (κ1) is 13.5. The van der Waals surface area contributed by atoms with Crippen molar-refractivity contribution < 1.29 is 19.3 Å². The van der Waals surface area contributed by atoms with Gasteiger partial charge in [0.25, 0.3) is 5.69 Å². The SMILES string of the molecule is Cc1noc(CNc2ccc(C(=O)O)cc2[N+](=O)[O-])n1. The van der Waals surface area contributed by atoms with Gasteiger partial charge in [-0.3, -0.25) is 10.1 Å². The molecule has 1 aromatic heterocycles. The number of aromatic carboxylic acids is 1. The van der Waals surface area contributed by atoms with Gasteiger partial charge in [-0.1, -0.05) is 5.16 Å². The van der Waals surface area contributed by atoms with E-state index in [1.165, 1.54) is 12.1 Å². The quantitative estimate of drug-likeness (QED) is 0.622. The second-order valence-corrected chi connectivity index (χ2v) is 3.88. The van der Waals surface area contributed by atoms with E-state index in [9.17, 15) is 14.9 Å². The van der Waals surface area contributed by atoms with Gasteiger partial charge in [-0.25, -0.2) is 4.79 Å². The van der Waals surface area contributed by atoms with E-state index in [1.807, 2.05) is 0 Å². The molecule has 0 bridgehead atoms. The van der Waals surface area contributed by atoms with Gasteiger partial charge in [-0.05, 0) is 19.1 Å². The highest BCUT2D eigenvalue weighted by Gasteiger charge is 2.17. The number of carboxylic acid groups (broad SMARTS) is 1. The standard InChI is InChI=1S/C11H10N4O5/c1-6-13-10(20-14-6)5-12-8-3-2-7(11(16)17)4-9(8)15(18)19/h2-4,12H,5H2,1H3,(H,16,17). The molecule has 104 valence electrons. The number of aromatic nitrogens is 2. The van der Waals surface area contributed by atoms with E-state index < -0.39 is 10.9 Å². The number of anilines is 1. The summed E-state index contributed by atoms with van der Waals surface area (Å²) in [5.41, 5.74) is -0.312. The van der Waals surface area contributed by atoms with Crippen LogP contribution in [0.2, 0.25) is 0 Å². The lowest BCUT2D eigenvalue weighted by Gasteiger charge is -2.05. The minimum absolute atomic E-state index is 0.105. The summed E-state index contributed by atoms with van der Waals surface area (Å²) in [7, 11) is 0. The first-order valence-corrected chi connectivity index (χ1v) is 5.52. The summed E-state index contributed by atoms with van der Waals surface area (Å²) in [4.78, 5) is 25.0. The molecule has 0 saturated heterocycles. The van der Waals surface area contributed by atoms with Crippen molar-refractivity contribution in [2.24, 2.45) is 0 Å². The van der Waals surface area contributed by atoms with Crippen molar-refractivity contribution in [3.8, 4) is 0 Å². The zero-order valence-electron chi connectivity index (χ0n) is 10.4. The van der Waals surface area contributed by atoms with Crippen LogP contribution in [-0.2, 0) is 6.54 Å². The summed E-state index contributed by atoms with van der Waals surface area (Å²) in [6.07, 6.45) is 0. The molecule has 1 aromatic carbocycles. The number of rotatable bonds is 5. The molecule has 2 aromatic rings. The van der Waals surface area contributed by atoms with Crippen LogP contribution in [-0.4, -0.2) is 26.1 Å². The third-order valence-electron chi connectivity index (χ3n) is 2.44. The lowest BCUT2D eigenvalue weighted by atomic mass is 10.1. The molecule has 0 saturated carbocycles. The van der Waals surface area contributed by atoms with Crippen molar-refractivity contribution in [1.29, 1.82) is 0 Å². The minimum Gasteiger partial charge on any atom is -0.478 e. The molecule has 0 atom stereocenters. The number of nitro groups is 1. The highest BCUT2D eigenvalue weighted by atomic mass is 16.6. The predicted molar refractivity (Wildman–Crippen MR) is 66.4 cm³/mol. The molecule has 1 heterocycles. The molecular weight excluding hydrogens is 268 g/mol. The average Bonchev–Trinajstić information content (AvgIpc) is 2.81. The monoisotopic (exact) mass is 278 g/mol. The smallest absolute Gasteiger partial charge is 0.335 e. The maximum absolute atomic E-state index is 10.9. The van der Waals surface area contributed by atoms with E-state index in [1.54, 1.807) is 6.92 Å². The Hall–Kier alpha value is -2.97. The molecule has 0 aliphatic carbocycles. The molecule has 20 heavy (non-hydrogen) atoms. The Morgan fingerprint density at radius 3 is 2.85 bits per heavy atom. The fourth-order valence-electron chi connectivity index (χ4n) is 1.55. The maximum atomic E-state index is 10.9. The first-order chi connectivity index (χ1) is 9.47. The Labute approximate surface area is 112 Å². The second kappa shape index (κ2) is 5.34. The van der Waals surface area contributed by atoms with Crippen molar-refractivity contribution in [3.05, 3.63) is 45.6 Å². The van der Waals surface area contributed by atoms with Crippen LogP contribution < -0.4 is 5.32 Å². The Morgan fingerprint density at radius 2 is 2.30 bits per heavy atom. The molecular formula is C11H10N4O5. The lowest BCUT2D eigenvalue weighted by molar-refractivity contribution is -0.384. The van der Waals surface area contributed by atoms with Gasteiger partial charge < -0.3 is 14.9 Å². The van der Waals surface area contributed by atoms with Gasteiger partial charge in [0.1, 0.15) is 5.69 Å². The maximum Gasteiger partial charge on any atom is 0.335 e. The normalized spacial score (nSPS) is 10.2. The number of carbonyl (C=O) groups is 1. The fraction of sp³-hybridized carbons (Fsp3) is 0.182. The zero-order valence-corrected chi connectivity index (χ0v) is 10.4. The van der Waals surface area contributed by atoms with E-state index in [2.05, 4.69) is 15.5 Å². The molecule has 2 rings (SSSR count). The Morgan fingerprint density at radius 1 is 1.55 bits per heavy atom. The van der Waals surface area contributed by atoms with Crippen molar-refractivity contribution in [2.75, 3.05) is 5.32 Å². The van der Waals surface area contributed by atoms with E-state index >= 15 is 0 Å². The van der Waals surface area contributed by atoms with Crippen LogP contribution in [0.15, 0.2) is 22.7 Å².